The Kier molecular flexibility index (Phi) is 6.15. The van der Waals surface area contributed by atoms with E-state index in [0.29, 0.717) is 0 Å². The van der Waals surface area contributed by atoms with Crippen LogP contribution in [0.2, 0.25) is 0 Å². The van der Waals surface area contributed by atoms with Crippen LogP contribution in [0, 0.1) is 6.92 Å². The van der Waals surface area contributed by atoms with Gasteiger partial charge in [0.05, 0.1) is 5.52 Å². The molecular formula is C18H27N3. The minimum absolute atomic E-state index is 0.234. The lowest BCUT2D eigenvalue weighted by atomic mass is 9.98. The van der Waals surface area contributed by atoms with Gasteiger partial charge in [0, 0.05) is 17.1 Å². The number of nitrogens with one attached hydrogen (secondary N) is 1. The van der Waals surface area contributed by atoms with E-state index in [1.165, 1.54) is 43.1 Å². The van der Waals surface area contributed by atoms with E-state index < -0.39 is 0 Å². The molecule has 114 valence electrons. The van der Waals surface area contributed by atoms with Gasteiger partial charge in [-0.3, -0.25) is 16.3 Å². The number of aromatic nitrogens is 1. The highest BCUT2D eigenvalue weighted by Crippen LogP contribution is 2.23. The summed E-state index contributed by atoms with van der Waals surface area (Å²) in [5, 5.41) is 1.18. The second-order valence-corrected chi connectivity index (χ2v) is 5.83. The Morgan fingerprint density at radius 3 is 2.67 bits per heavy atom. The van der Waals surface area contributed by atoms with Gasteiger partial charge in [0.2, 0.25) is 0 Å². The second-order valence-electron chi connectivity index (χ2n) is 5.83. The van der Waals surface area contributed by atoms with Gasteiger partial charge < -0.3 is 0 Å². The molecule has 0 spiro atoms. The van der Waals surface area contributed by atoms with Crippen LogP contribution in [0.3, 0.4) is 0 Å². The van der Waals surface area contributed by atoms with Crippen LogP contribution in [-0.2, 0) is 0 Å². The van der Waals surface area contributed by atoms with E-state index in [1.807, 2.05) is 6.92 Å². The minimum Gasteiger partial charge on any atom is -0.271 e. The number of hydrogen-bond donors (Lipinski definition) is 2. The van der Waals surface area contributed by atoms with Crippen molar-refractivity contribution < 1.29 is 0 Å². The van der Waals surface area contributed by atoms with Gasteiger partial charge in [0.25, 0.3) is 0 Å². The fourth-order valence-corrected chi connectivity index (χ4v) is 2.76. The van der Waals surface area contributed by atoms with Crippen molar-refractivity contribution in [3.05, 3.63) is 41.6 Å². The van der Waals surface area contributed by atoms with Crippen LogP contribution < -0.4 is 11.3 Å². The van der Waals surface area contributed by atoms with Crippen molar-refractivity contribution in [1.82, 2.24) is 10.4 Å². The largest absolute Gasteiger partial charge is 0.271 e. The molecule has 0 amide bonds. The van der Waals surface area contributed by atoms with Gasteiger partial charge in [-0.05, 0) is 37.1 Å². The number of hydrogen-bond acceptors (Lipinski definition) is 3. The normalized spacial score (nSPS) is 12.7. The highest BCUT2D eigenvalue weighted by Gasteiger charge is 2.10. The van der Waals surface area contributed by atoms with Crippen LogP contribution in [0.1, 0.15) is 62.7 Å². The molecule has 2 aromatic rings. The fourth-order valence-electron chi connectivity index (χ4n) is 2.76. The smallest absolute Gasteiger partial charge is 0.0705 e. The number of pyridine rings is 1. The number of fused-ring (bicyclic) bond motifs is 1. The van der Waals surface area contributed by atoms with Gasteiger partial charge in [-0.1, -0.05) is 51.2 Å². The molecule has 0 saturated carbocycles. The molecule has 3 N–H and O–H groups in total. The molecule has 2 rings (SSSR count). The van der Waals surface area contributed by atoms with Gasteiger partial charge >= 0.3 is 0 Å². The summed E-state index contributed by atoms with van der Waals surface area (Å²) >= 11 is 0. The monoisotopic (exact) mass is 285 g/mol. The molecule has 0 aliphatic carbocycles. The highest BCUT2D eigenvalue weighted by atomic mass is 15.2. The van der Waals surface area contributed by atoms with Gasteiger partial charge in [-0.2, -0.15) is 0 Å². The number of hydrazine groups is 1. The van der Waals surface area contributed by atoms with Crippen molar-refractivity contribution in [2.45, 2.75) is 58.4 Å². The van der Waals surface area contributed by atoms with Crippen molar-refractivity contribution in [2.75, 3.05) is 0 Å². The molecule has 0 fully saturated rings. The Morgan fingerprint density at radius 2 is 1.90 bits per heavy atom. The number of aryl methyl sites for hydroxylation is 1. The fraction of sp³-hybridized carbons (Fsp3) is 0.500. The average molecular weight is 285 g/mol. The molecule has 1 unspecified atom stereocenters. The van der Waals surface area contributed by atoms with E-state index in [0.717, 1.165) is 17.6 Å². The summed E-state index contributed by atoms with van der Waals surface area (Å²) in [6.07, 6.45) is 7.55. The van der Waals surface area contributed by atoms with Gasteiger partial charge in [0.15, 0.2) is 0 Å². The van der Waals surface area contributed by atoms with Crippen LogP contribution in [0.25, 0.3) is 10.9 Å². The second kappa shape index (κ2) is 8.11. The molecule has 1 aromatic carbocycles. The predicted molar refractivity (Wildman–Crippen MR) is 89.9 cm³/mol. The quantitative estimate of drug-likeness (QED) is 0.429. The Balaban J connectivity index is 2.02. The van der Waals surface area contributed by atoms with E-state index >= 15 is 0 Å². The van der Waals surface area contributed by atoms with Crippen LogP contribution >= 0.6 is 0 Å². The van der Waals surface area contributed by atoms with E-state index in [4.69, 9.17) is 5.84 Å². The highest BCUT2D eigenvalue weighted by molar-refractivity contribution is 5.79. The standard InChI is InChI=1S/C18H27N3/c1-3-4-5-6-7-8-18(21-19)16-11-12-17-15(13-16)10-9-14(2)20-17/h9-13,18,21H,3-8,19H2,1-2H3. The lowest BCUT2D eigenvalue weighted by Gasteiger charge is -2.17. The summed E-state index contributed by atoms with van der Waals surface area (Å²) in [4.78, 5) is 4.55. The molecule has 0 aliphatic heterocycles. The minimum atomic E-state index is 0.234. The Labute approximate surface area is 127 Å². The number of nitrogens with two attached hydrogens (primary N) is 1. The van der Waals surface area contributed by atoms with Crippen molar-refractivity contribution in [2.24, 2.45) is 5.84 Å². The summed E-state index contributed by atoms with van der Waals surface area (Å²) in [5.41, 5.74) is 6.33. The molecule has 3 heteroatoms. The number of benzene rings is 1. The van der Waals surface area contributed by atoms with Crippen LogP contribution in [-0.4, -0.2) is 4.98 Å². The summed E-state index contributed by atoms with van der Waals surface area (Å²) in [6, 6.07) is 10.9. The Morgan fingerprint density at radius 1 is 1.10 bits per heavy atom. The average Bonchev–Trinajstić information content (AvgIpc) is 2.50. The number of rotatable bonds is 8. The summed E-state index contributed by atoms with van der Waals surface area (Å²) in [6.45, 7) is 4.27. The third-order valence-corrected chi connectivity index (χ3v) is 4.05. The third-order valence-electron chi connectivity index (χ3n) is 4.05. The van der Waals surface area contributed by atoms with Gasteiger partial charge in [-0.15, -0.1) is 0 Å². The van der Waals surface area contributed by atoms with E-state index in [9.17, 15) is 0 Å². The van der Waals surface area contributed by atoms with Crippen LogP contribution in [0.15, 0.2) is 30.3 Å². The molecule has 0 radical (unpaired) electrons. The zero-order chi connectivity index (χ0) is 15.1. The van der Waals surface area contributed by atoms with E-state index in [2.05, 4.69) is 47.7 Å². The van der Waals surface area contributed by atoms with E-state index in [-0.39, 0.29) is 6.04 Å². The summed E-state index contributed by atoms with van der Waals surface area (Å²) in [5.74, 6) is 5.75. The zero-order valence-corrected chi connectivity index (χ0v) is 13.2. The zero-order valence-electron chi connectivity index (χ0n) is 13.2. The van der Waals surface area contributed by atoms with Crippen LogP contribution in [0.4, 0.5) is 0 Å². The summed E-state index contributed by atoms with van der Waals surface area (Å²) < 4.78 is 0. The lowest BCUT2D eigenvalue weighted by Crippen LogP contribution is -2.27. The molecule has 0 aliphatic rings. The molecule has 1 heterocycles. The van der Waals surface area contributed by atoms with E-state index in [1.54, 1.807) is 0 Å². The molecule has 1 aromatic heterocycles. The number of unbranched alkanes of at least 4 members (excludes halogenated alkanes) is 4. The van der Waals surface area contributed by atoms with Crippen molar-refractivity contribution in [3.8, 4) is 0 Å². The first-order valence-electron chi connectivity index (χ1n) is 8.08. The summed E-state index contributed by atoms with van der Waals surface area (Å²) in [7, 11) is 0. The molecule has 0 bridgehead atoms. The Hall–Kier alpha value is -1.45. The first-order valence-corrected chi connectivity index (χ1v) is 8.08. The van der Waals surface area contributed by atoms with Gasteiger partial charge in [0.1, 0.15) is 0 Å². The van der Waals surface area contributed by atoms with Crippen molar-refractivity contribution in [3.63, 3.8) is 0 Å². The molecule has 0 saturated heterocycles. The molecule has 1 atom stereocenters. The van der Waals surface area contributed by atoms with Gasteiger partial charge in [-0.25, -0.2) is 0 Å². The van der Waals surface area contributed by atoms with Crippen molar-refractivity contribution in [1.29, 1.82) is 0 Å². The Bertz CT molecular complexity index is 565. The third kappa shape index (κ3) is 4.51. The topological polar surface area (TPSA) is 50.9 Å². The van der Waals surface area contributed by atoms with Crippen molar-refractivity contribution >= 4 is 10.9 Å². The molecule has 3 nitrogen and oxygen atoms in total. The maximum absolute atomic E-state index is 5.75. The lowest BCUT2D eigenvalue weighted by molar-refractivity contribution is 0.479. The molecule has 21 heavy (non-hydrogen) atoms. The maximum atomic E-state index is 5.75. The first kappa shape index (κ1) is 15.9. The predicted octanol–water partition coefficient (Wildman–Crippen LogP) is 4.41. The van der Waals surface area contributed by atoms with Crippen LogP contribution in [0.5, 0.6) is 0 Å². The number of nitrogens with zero attached hydrogens (tertiary/aromatic N) is 1. The molecular weight excluding hydrogens is 258 g/mol. The SMILES string of the molecule is CCCCCCCC(NN)c1ccc2nc(C)ccc2c1. The first-order chi connectivity index (χ1) is 10.2. The maximum Gasteiger partial charge on any atom is 0.0705 e.